The van der Waals surface area contributed by atoms with Crippen molar-refractivity contribution in [3.8, 4) is 0 Å². The highest BCUT2D eigenvalue weighted by Crippen LogP contribution is 2.38. The molecule has 0 aromatic rings. The molecule has 0 aliphatic carbocycles. The van der Waals surface area contributed by atoms with E-state index in [1.807, 2.05) is 27.2 Å². The minimum atomic E-state index is -4.53. The van der Waals surface area contributed by atoms with Crippen LogP contribution in [0.2, 0.25) is 0 Å². The van der Waals surface area contributed by atoms with Gasteiger partial charge >= 0.3 is 0 Å². The van der Waals surface area contributed by atoms with Gasteiger partial charge < -0.3 is 28.8 Å². The van der Waals surface area contributed by atoms with E-state index in [2.05, 4.69) is 24.4 Å². The molecular weight excluding hydrogens is 467 g/mol. The van der Waals surface area contributed by atoms with Gasteiger partial charge in [0.25, 0.3) is 7.82 Å². The summed E-state index contributed by atoms with van der Waals surface area (Å²) >= 11 is 0. The second kappa shape index (κ2) is 20.1. The molecule has 3 atom stereocenters. The third-order valence-electron chi connectivity index (χ3n) is 5.45. The molecule has 3 unspecified atom stereocenters. The summed E-state index contributed by atoms with van der Waals surface area (Å²) in [6, 6.07) is -0.898. The van der Waals surface area contributed by atoms with E-state index in [-0.39, 0.29) is 12.5 Å². The molecule has 0 radical (unpaired) electrons. The number of allylic oxidation sites excluding steroid dienone is 3. The molecule has 0 fully saturated rings. The summed E-state index contributed by atoms with van der Waals surface area (Å²) in [6.45, 7) is 3.61. The Morgan fingerprint density at radius 3 is 2.14 bits per heavy atom. The van der Waals surface area contributed by atoms with E-state index in [0.29, 0.717) is 11.0 Å². The number of aliphatic hydroxyl groups is 1. The smallest absolute Gasteiger partial charge is 0.268 e. The molecule has 206 valence electrons. The minimum Gasteiger partial charge on any atom is -0.756 e. The van der Waals surface area contributed by atoms with Gasteiger partial charge in [-0.15, -0.1) is 0 Å². The van der Waals surface area contributed by atoms with Crippen molar-refractivity contribution >= 4 is 13.7 Å². The third-order valence-corrected chi connectivity index (χ3v) is 6.41. The fraction of sp³-hybridized carbons (Fsp3) is 0.808. The van der Waals surface area contributed by atoms with Gasteiger partial charge in [0.2, 0.25) is 5.91 Å². The van der Waals surface area contributed by atoms with Crippen LogP contribution >= 0.6 is 7.82 Å². The zero-order valence-electron chi connectivity index (χ0n) is 22.7. The number of phosphoric ester groups is 1. The van der Waals surface area contributed by atoms with Crippen molar-refractivity contribution < 1.29 is 32.9 Å². The van der Waals surface area contributed by atoms with Crippen molar-refractivity contribution in [3.63, 3.8) is 0 Å². The van der Waals surface area contributed by atoms with Crippen LogP contribution in [0.4, 0.5) is 0 Å². The Bertz CT molecular complexity index is 648. The Morgan fingerprint density at radius 2 is 1.54 bits per heavy atom. The molecule has 2 N–H and O–H groups in total. The predicted octanol–water partition coefficient (Wildman–Crippen LogP) is 4.48. The summed E-state index contributed by atoms with van der Waals surface area (Å²) in [5.41, 5.74) is 0. The van der Waals surface area contributed by atoms with Gasteiger partial charge in [0.1, 0.15) is 13.2 Å². The van der Waals surface area contributed by atoms with Gasteiger partial charge in [-0.1, -0.05) is 76.2 Å². The van der Waals surface area contributed by atoms with E-state index >= 15 is 0 Å². The number of rotatable bonds is 22. The molecule has 0 aromatic heterocycles. The van der Waals surface area contributed by atoms with Crippen LogP contribution in [0.25, 0.3) is 0 Å². The van der Waals surface area contributed by atoms with Gasteiger partial charge in [0.05, 0.1) is 39.9 Å². The van der Waals surface area contributed by atoms with Crippen LogP contribution in [-0.2, 0) is 18.4 Å². The fourth-order valence-corrected chi connectivity index (χ4v) is 4.04. The van der Waals surface area contributed by atoms with Crippen LogP contribution in [0.5, 0.6) is 0 Å². The summed E-state index contributed by atoms with van der Waals surface area (Å²) < 4.78 is 22.3. The number of carbonyl (C=O) groups excluding carboxylic acids is 1. The fourth-order valence-electron chi connectivity index (χ4n) is 3.32. The Kier molecular flexibility index (Phi) is 19.5. The Hall–Kier alpha value is -1.02. The van der Waals surface area contributed by atoms with Crippen molar-refractivity contribution in [3.05, 3.63) is 24.3 Å². The standard InChI is InChI=1S/C26H51N2O6P/c1-6-7-8-9-10-11-12-13-14-15-16-17-18-19-20-26(30)25(27-24(2)29)23-34-35(31,32)33-22-21-28(3,4)5/h15-16,19-20,25-26,30H,6-14,17-18,21-23H2,1-5H3,(H-,27,29,31,32)/b16-15+,20-19+. The number of hydrogen-bond acceptors (Lipinski definition) is 6. The first kappa shape index (κ1) is 34.0. The minimum absolute atomic E-state index is 0.00982. The van der Waals surface area contributed by atoms with Gasteiger partial charge in [-0.2, -0.15) is 0 Å². The number of hydrogen-bond donors (Lipinski definition) is 2. The molecule has 0 bridgehead atoms. The zero-order chi connectivity index (χ0) is 26.6. The molecule has 0 aromatic carbocycles. The summed E-state index contributed by atoms with van der Waals surface area (Å²) in [6.07, 6.45) is 19.9. The lowest BCUT2D eigenvalue weighted by Crippen LogP contribution is -2.45. The lowest BCUT2D eigenvalue weighted by atomic mass is 10.1. The van der Waals surface area contributed by atoms with E-state index in [0.717, 1.165) is 19.3 Å². The number of likely N-dealkylation sites (N-methyl/N-ethyl adjacent to an activating group) is 1. The SMILES string of the molecule is CCCCCCCCCC/C=C/CC/C=C/C(O)C(COP(=O)([O-])OCC[N+](C)(C)C)NC(C)=O. The van der Waals surface area contributed by atoms with Gasteiger partial charge in [0, 0.05) is 6.92 Å². The average molecular weight is 519 g/mol. The van der Waals surface area contributed by atoms with Crippen LogP contribution in [0.15, 0.2) is 24.3 Å². The van der Waals surface area contributed by atoms with E-state index in [9.17, 15) is 19.4 Å². The molecule has 0 spiro atoms. The molecule has 35 heavy (non-hydrogen) atoms. The van der Waals surface area contributed by atoms with E-state index < -0.39 is 26.6 Å². The number of nitrogens with one attached hydrogen (secondary N) is 1. The molecular formula is C26H51N2O6P. The second-order valence-corrected chi connectivity index (χ2v) is 11.5. The Morgan fingerprint density at radius 1 is 0.971 bits per heavy atom. The summed E-state index contributed by atoms with van der Waals surface area (Å²) in [4.78, 5) is 23.5. The number of amides is 1. The number of nitrogens with zero attached hydrogens (tertiary/aromatic N) is 1. The highest BCUT2D eigenvalue weighted by atomic mass is 31.2. The topological polar surface area (TPSA) is 108 Å². The molecule has 9 heteroatoms. The Labute approximate surface area is 214 Å². The molecule has 0 heterocycles. The molecule has 0 aliphatic rings. The summed E-state index contributed by atoms with van der Waals surface area (Å²) in [5, 5.41) is 12.9. The van der Waals surface area contributed by atoms with E-state index in [4.69, 9.17) is 9.05 Å². The van der Waals surface area contributed by atoms with E-state index in [1.54, 1.807) is 6.08 Å². The first-order valence-corrected chi connectivity index (χ1v) is 14.6. The van der Waals surface area contributed by atoms with Crippen molar-refractivity contribution in [2.75, 3.05) is 40.9 Å². The molecule has 1 amide bonds. The first-order valence-electron chi connectivity index (χ1n) is 13.1. The molecule has 0 rings (SSSR count). The number of carbonyl (C=O) groups is 1. The number of quaternary nitrogens is 1. The zero-order valence-corrected chi connectivity index (χ0v) is 23.6. The number of unbranched alkanes of at least 4 members (excludes halogenated alkanes) is 9. The lowest BCUT2D eigenvalue weighted by molar-refractivity contribution is -0.870. The third kappa shape index (κ3) is 23.1. The Balaban J connectivity index is 4.22. The summed E-state index contributed by atoms with van der Waals surface area (Å²) in [5.74, 6) is -0.387. The van der Waals surface area contributed by atoms with Crippen LogP contribution in [-0.4, -0.2) is 68.5 Å². The van der Waals surface area contributed by atoms with Gasteiger partial charge in [0.15, 0.2) is 0 Å². The van der Waals surface area contributed by atoms with Crippen LogP contribution in [0, 0.1) is 0 Å². The maximum absolute atomic E-state index is 12.0. The lowest BCUT2D eigenvalue weighted by Gasteiger charge is -2.29. The normalized spacial score (nSPS) is 16.0. The largest absolute Gasteiger partial charge is 0.756 e. The van der Waals surface area contributed by atoms with Crippen molar-refractivity contribution in [1.82, 2.24) is 5.32 Å². The average Bonchev–Trinajstić information content (AvgIpc) is 2.75. The van der Waals surface area contributed by atoms with Crippen molar-refractivity contribution in [1.29, 1.82) is 0 Å². The predicted molar refractivity (Wildman–Crippen MR) is 141 cm³/mol. The van der Waals surface area contributed by atoms with Gasteiger partial charge in [-0.3, -0.25) is 9.36 Å². The van der Waals surface area contributed by atoms with Crippen molar-refractivity contribution in [2.24, 2.45) is 0 Å². The quantitative estimate of drug-likeness (QED) is 0.0947. The summed E-state index contributed by atoms with van der Waals surface area (Å²) in [7, 11) is 1.22. The maximum atomic E-state index is 12.0. The van der Waals surface area contributed by atoms with Crippen molar-refractivity contribution in [2.45, 2.75) is 96.6 Å². The number of phosphoric acid groups is 1. The molecule has 8 nitrogen and oxygen atoms in total. The maximum Gasteiger partial charge on any atom is 0.268 e. The van der Waals surface area contributed by atoms with Gasteiger partial charge in [-0.25, -0.2) is 0 Å². The van der Waals surface area contributed by atoms with Crippen LogP contribution in [0.1, 0.15) is 84.5 Å². The highest BCUT2D eigenvalue weighted by molar-refractivity contribution is 7.45. The monoisotopic (exact) mass is 518 g/mol. The molecule has 0 aliphatic heterocycles. The number of aliphatic hydroxyl groups excluding tert-OH is 1. The van der Waals surface area contributed by atoms with Crippen LogP contribution in [0.3, 0.4) is 0 Å². The molecule has 0 saturated heterocycles. The first-order chi connectivity index (χ1) is 16.5. The second-order valence-electron chi connectivity index (χ2n) is 10.1. The molecule has 0 saturated carbocycles. The van der Waals surface area contributed by atoms with E-state index in [1.165, 1.54) is 58.3 Å². The van der Waals surface area contributed by atoms with Crippen LogP contribution < -0.4 is 10.2 Å². The highest BCUT2D eigenvalue weighted by Gasteiger charge is 2.22. The van der Waals surface area contributed by atoms with Gasteiger partial charge in [-0.05, 0) is 25.7 Å².